The number of aryl methyl sites for hydroxylation is 3. The number of esters is 1. The van der Waals surface area contributed by atoms with Gasteiger partial charge in [0.2, 0.25) is 11.8 Å². The average Bonchev–Trinajstić information content (AvgIpc) is 3.55. The number of hydrogen-bond donors (Lipinski definition) is 2. The normalized spacial score (nSPS) is 18.5. The van der Waals surface area contributed by atoms with E-state index in [0.29, 0.717) is 25.1 Å². The summed E-state index contributed by atoms with van der Waals surface area (Å²) in [6.45, 7) is 5.59. The first-order valence-electron chi connectivity index (χ1n) is 15.3. The van der Waals surface area contributed by atoms with Crippen molar-refractivity contribution in [3.63, 3.8) is 0 Å². The van der Waals surface area contributed by atoms with Crippen molar-refractivity contribution in [2.75, 3.05) is 6.54 Å². The van der Waals surface area contributed by atoms with E-state index in [9.17, 15) is 14.4 Å². The van der Waals surface area contributed by atoms with E-state index < -0.39 is 17.9 Å². The lowest BCUT2D eigenvalue weighted by Crippen LogP contribution is -2.50. The van der Waals surface area contributed by atoms with Gasteiger partial charge >= 0.3 is 5.97 Å². The molecule has 0 unspecified atom stereocenters. The maximum atomic E-state index is 13.7. The Morgan fingerprint density at radius 1 is 1.00 bits per heavy atom. The van der Waals surface area contributed by atoms with Gasteiger partial charge in [-0.1, -0.05) is 51.0 Å². The van der Waals surface area contributed by atoms with Crippen molar-refractivity contribution in [3.8, 4) is 5.75 Å². The second kappa shape index (κ2) is 13.4. The lowest BCUT2D eigenvalue weighted by atomic mass is 9.92. The molecule has 2 aliphatic rings. The summed E-state index contributed by atoms with van der Waals surface area (Å²) in [6, 6.07) is 13.3. The summed E-state index contributed by atoms with van der Waals surface area (Å²) < 4.78 is 7.96. The van der Waals surface area contributed by atoms with Gasteiger partial charge in [0.05, 0.1) is 6.42 Å². The molecule has 0 saturated heterocycles. The van der Waals surface area contributed by atoms with E-state index >= 15 is 0 Å². The SMILES string of the molecule is CC(C)C[C@H](CC(=O)Oc1ccc2c(c1)CCC2)C(=O)N[C@H]1Cc2cn(c3ccccc23)CCCCCCNC1=O. The number of amides is 2. The van der Waals surface area contributed by atoms with E-state index in [0.717, 1.165) is 68.0 Å². The van der Waals surface area contributed by atoms with Crippen LogP contribution in [-0.4, -0.2) is 34.9 Å². The molecule has 2 amide bonds. The maximum Gasteiger partial charge on any atom is 0.311 e. The van der Waals surface area contributed by atoms with Crippen molar-refractivity contribution in [2.45, 2.75) is 90.6 Å². The molecule has 2 aromatic carbocycles. The van der Waals surface area contributed by atoms with Crippen LogP contribution in [0.4, 0.5) is 0 Å². The fraction of sp³-hybridized carbons (Fsp3) is 0.500. The molecule has 0 radical (unpaired) electrons. The minimum absolute atomic E-state index is 0.0330. The lowest BCUT2D eigenvalue weighted by Gasteiger charge is -2.23. The van der Waals surface area contributed by atoms with Gasteiger partial charge in [-0.2, -0.15) is 0 Å². The highest BCUT2D eigenvalue weighted by Crippen LogP contribution is 2.27. The number of nitrogens with zero attached hydrogens (tertiary/aromatic N) is 1. The Kier molecular flexibility index (Phi) is 9.42. The Morgan fingerprint density at radius 3 is 2.66 bits per heavy atom. The van der Waals surface area contributed by atoms with Crippen LogP contribution in [0, 0.1) is 11.8 Å². The Morgan fingerprint density at radius 2 is 1.80 bits per heavy atom. The Labute approximate surface area is 243 Å². The third-order valence-corrected chi connectivity index (χ3v) is 8.39. The van der Waals surface area contributed by atoms with E-state index in [2.05, 4.69) is 33.5 Å². The Hall–Kier alpha value is -3.61. The van der Waals surface area contributed by atoms with Crippen molar-refractivity contribution in [2.24, 2.45) is 11.8 Å². The highest BCUT2D eigenvalue weighted by Gasteiger charge is 2.29. The van der Waals surface area contributed by atoms with Gasteiger partial charge < -0.3 is 19.9 Å². The van der Waals surface area contributed by atoms with Crippen LogP contribution in [0.25, 0.3) is 10.9 Å². The van der Waals surface area contributed by atoms with E-state index in [1.165, 1.54) is 11.1 Å². The van der Waals surface area contributed by atoms with Crippen LogP contribution >= 0.6 is 0 Å². The smallest absolute Gasteiger partial charge is 0.311 e. The molecule has 1 aromatic heterocycles. The zero-order chi connectivity index (χ0) is 28.8. The van der Waals surface area contributed by atoms with Crippen LogP contribution in [0.5, 0.6) is 5.75 Å². The largest absolute Gasteiger partial charge is 0.427 e. The third-order valence-electron chi connectivity index (χ3n) is 8.39. The summed E-state index contributed by atoms with van der Waals surface area (Å²) >= 11 is 0. The van der Waals surface area contributed by atoms with E-state index in [-0.39, 0.29) is 24.2 Å². The van der Waals surface area contributed by atoms with E-state index in [4.69, 9.17) is 4.74 Å². The number of carbonyl (C=O) groups excluding carboxylic acids is 3. The number of rotatable bonds is 7. The zero-order valence-electron chi connectivity index (χ0n) is 24.4. The van der Waals surface area contributed by atoms with Crippen LogP contribution < -0.4 is 15.4 Å². The summed E-state index contributed by atoms with van der Waals surface area (Å²) in [5.74, 6) is -0.742. The van der Waals surface area contributed by atoms with Crippen LogP contribution in [0.2, 0.25) is 0 Å². The van der Waals surface area contributed by atoms with Crippen LogP contribution in [-0.2, 0) is 40.2 Å². The highest BCUT2D eigenvalue weighted by atomic mass is 16.5. The predicted octanol–water partition coefficient (Wildman–Crippen LogP) is 5.51. The minimum Gasteiger partial charge on any atom is -0.427 e. The first-order chi connectivity index (χ1) is 19.9. The molecule has 1 aliphatic heterocycles. The molecule has 2 bridgehead atoms. The number of nitrogens with one attached hydrogen (secondary N) is 2. The highest BCUT2D eigenvalue weighted by molar-refractivity contribution is 5.91. The Balaban J connectivity index is 1.32. The quantitative estimate of drug-likeness (QED) is 0.296. The second-order valence-corrected chi connectivity index (χ2v) is 12.1. The summed E-state index contributed by atoms with van der Waals surface area (Å²) in [4.78, 5) is 40.1. The number of carbonyl (C=O) groups is 3. The summed E-state index contributed by atoms with van der Waals surface area (Å²) in [5.41, 5.74) is 4.74. The van der Waals surface area contributed by atoms with Crippen molar-refractivity contribution >= 4 is 28.7 Å². The fourth-order valence-corrected chi connectivity index (χ4v) is 6.32. The predicted molar refractivity (Wildman–Crippen MR) is 161 cm³/mol. The summed E-state index contributed by atoms with van der Waals surface area (Å²) in [5, 5.41) is 7.19. The number of hydrogen-bond acceptors (Lipinski definition) is 4. The molecule has 5 rings (SSSR count). The lowest BCUT2D eigenvalue weighted by molar-refractivity contribution is -0.139. The first-order valence-corrected chi connectivity index (χ1v) is 15.3. The molecule has 41 heavy (non-hydrogen) atoms. The van der Waals surface area contributed by atoms with Gasteiger partial charge in [0.25, 0.3) is 0 Å². The molecule has 2 N–H and O–H groups in total. The molecular formula is C34H43N3O4. The molecule has 7 nitrogen and oxygen atoms in total. The maximum absolute atomic E-state index is 13.7. The zero-order valence-corrected chi connectivity index (χ0v) is 24.4. The van der Waals surface area contributed by atoms with Gasteiger partial charge in [0.15, 0.2) is 0 Å². The van der Waals surface area contributed by atoms with E-state index in [1.54, 1.807) is 0 Å². The van der Waals surface area contributed by atoms with Gasteiger partial charge in [0, 0.05) is 42.5 Å². The molecule has 1 aliphatic carbocycles. The van der Waals surface area contributed by atoms with Crippen molar-refractivity contribution in [3.05, 3.63) is 65.4 Å². The second-order valence-electron chi connectivity index (χ2n) is 12.1. The number of fused-ring (bicyclic) bond motifs is 6. The van der Waals surface area contributed by atoms with Crippen molar-refractivity contribution < 1.29 is 19.1 Å². The molecule has 2 heterocycles. The minimum atomic E-state index is -0.732. The summed E-state index contributed by atoms with van der Waals surface area (Å²) in [6.07, 6.45) is 10.4. The fourth-order valence-electron chi connectivity index (χ4n) is 6.32. The number of benzene rings is 2. The van der Waals surface area contributed by atoms with Crippen LogP contribution in [0.3, 0.4) is 0 Å². The van der Waals surface area contributed by atoms with Crippen LogP contribution in [0.1, 0.15) is 75.5 Å². The monoisotopic (exact) mass is 557 g/mol. The molecule has 0 saturated carbocycles. The topological polar surface area (TPSA) is 89.4 Å². The standard InChI is InChI=1S/C34H43N3O4/c1-23(2)18-26(21-32(38)41-28-15-14-24-10-9-11-25(24)19-28)33(39)36-30-20-27-22-37(31-13-6-5-12-29(27)31)17-8-4-3-7-16-35-34(30)40/h5-6,12-15,19,22-23,26,30H,3-4,7-11,16-18,20-21H2,1-2H3,(H,35,40)(H,36,39)/t26-,30+/m1/s1. The molecule has 0 spiro atoms. The van der Waals surface area contributed by atoms with Gasteiger partial charge in [-0.25, -0.2) is 0 Å². The van der Waals surface area contributed by atoms with Gasteiger partial charge in [0.1, 0.15) is 11.8 Å². The molecule has 2 atom stereocenters. The van der Waals surface area contributed by atoms with Gasteiger partial charge in [-0.15, -0.1) is 0 Å². The molecule has 0 fully saturated rings. The molecule has 7 heteroatoms. The third kappa shape index (κ3) is 7.38. The number of aromatic nitrogens is 1. The van der Waals surface area contributed by atoms with Crippen molar-refractivity contribution in [1.82, 2.24) is 15.2 Å². The molecular weight excluding hydrogens is 514 g/mol. The Bertz CT molecular complexity index is 1390. The first kappa shape index (κ1) is 28.9. The van der Waals surface area contributed by atoms with Crippen molar-refractivity contribution in [1.29, 1.82) is 0 Å². The summed E-state index contributed by atoms with van der Waals surface area (Å²) in [7, 11) is 0. The average molecular weight is 558 g/mol. The van der Waals surface area contributed by atoms with Gasteiger partial charge in [-0.05, 0) is 79.3 Å². The van der Waals surface area contributed by atoms with Gasteiger partial charge in [-0.3, -0.25) is 14.4 Å². The number of para-hydroxylation sites is 1. The van der Waals surface area contributed by atoms with Crippen LogP contribution in [0.15, 0.2) is 48.7 Å². The van der Waals surface area contributed by atoms with E-state index in [1.807, 2.05) is 44.2 Å². The molecule has 3 aromatic rings. The molecule has 218 valence electrons. The number of ether oxygens (including phenoxy) is 1.